The Labute approximate surface area is 240 Å². The molecule has 1 saturated heterocycles. The highest BCUT2D eigenvalue weighted by atomic mass is 35.5. The first kappa shape index (κ1) is 29.2. The van der Waals surface area contributed by atoms with E-state index in [0.717, 1.165) is 11.1 Å². The lowest BCUT2D eigenvalue weighted by atomic mass is 9.86. The van der Waals surface area contributed by atoms with Gasteiger partial charge in [0.1, 0.15) is 18.2 Å². The van der Waals surface area contributed by atoms with Crippen molar-refractivity contribution >= 4 is 35.2 Å². The van der Waals surface area contributed by atoms with Crippen molar-refractivity contribution < 1.29 is 19.1 Å². The Kier molecular flexibility index (Phi) is 9.48. The fourth-order valence-corrected chi connectivity index (χ4v) is 5.32. The second kappa shape index (κ2) is 13.0. The molecule has 40 heavy (non-hydrogen) atoms. The van der Waals surface area contributed by atoms with Crippen molar-refractivity contribution in [3.63, 3.8) is 0 Å². The first-order valence-corrected chi connectivity index (χ1v) is 13.9. The van der Waals surface area contributed by atoms with Crippen LogP contribution in [0.2, 0.25) is 5.02 Å². The molecule has 0 radical (unpaired) electrons. The van der Waals surface area contributed by atoms with E-state index < -0.39 is 23.6 Å². The minimum atomic E-state index is -0.854. The summed E-state index contributed by atoms with van der Waals surface area (Å²) in [4.78, 5) is 41.8. The molecule has 3 atom stereocenters. The Morgan fingerprint density at radius 2 is 1.62 bits per heavy atom. The number of halogens is 1. The standard InChI is InChI=1S/C32H36ClN3O4/c1-32(2,3)40-29(37)21-36-27(17-22-11-6-4-7-12-22)18-24(23-13-8-5-9-14-23)19-28(30(36)38)35-31(39)34-26-16-10-15-25(33)20-26/h4-16,20,24,27-28H,17-19,21H2,1-3H3,(H2,34,35,39). The molecule has 1 heterocycles. The maximum absolute atomic E-state index is 14.1. The van der Waals surface area contributed by atoms with E-state index in [4.69, 9.17) is 16.3 Å². The molecule has 3 unspecified atom stereocenters. The Bertz CT molecular complexity index is 1310. The van der Waals surface area contributed by atoms with Crippen molar-refractivity contribution in [2.45, 2.75) is 63.6 Å². The lowest BCUT2D eigenvalue weighted by Crippen LogP contribution is -2.53. The fourth-order valence-electron chi connectivity index (χ4n) is 5.13. The van der Waals surface area contributed by atoms with E-state index in [2.05, 4.69) is 10.6 Å². The topological polar surface area (TPSA) is 87.7 Å². The third-order valence-corrected chi connectivity index (χ3v) is 7.03. The number of ether oxygens (including phenoxy) is 1. The number of hydrogen-bond acceptors (Lipinski definition) is 4. The quantitative estimate of drug-likeness (QED) is 0.337. The van der Waals surface area contributed by atoms with Gasteiger partial charge in [-0.2, -0.15) is 0 Å². The number of amides is 3. The number of benzene rings is 3. The van der Waals surface area contributed by atoms with Crippen LogP contribution in [0.15, 0.2) is 84.9 Å². The number of hydrogen-bond donors (Lipinski definition) is 2. The summed E-state index contributed by atoms with van der Waals surface area (Å²) in [6.45, 7) is 5.19. The van der Waals surface area contributed by atoms with E-state index >= 15 is 0 Å². The number of carbonyl (C=O) groups excluding carboxylic acids is 3. The van der Waals surface area contributed by atoms with Crippen LogP contribution in [0.25, 0.3) is 0 Å². The summed E-state index contributed by atoms with van der Waals surface area (Å²) in [5, 5.41) is 6.13. The molecule has 0 saturated carbocycles. The fraction of sp³-hybridized carbons (Fsp3) is 0.344. The molecule has 1 fully saturated rings. The first-order chi connectivity index (χ1) is 19.1. The highest BCUT2D eigenvalue weighted by Crippen LogP contribution is 2.33. The smallest absolute Gasteiger partial charge is 0.326 e. The van der Waals surface area contributed by atoms with Crippen molar-refractivity contribution in [3.05, 3.63) is 101 Å². The molecule has 3 aromatic carbocycles. The van der Waals surface area contributed by atoms with Crippen molar-refractivity contribution in [1.82, 2.24) is 10.2 Å². The maximum atomic E-state index is 14.1. The van der Waals surface area contributed by atoms with Crippen LogP contribution in [-0.4, -0.2) is 47.0 Å². The second-order valence-corrected chi connectivity index (χ2v) is 11.6. The second-order valence-electron chi connectivity index (χ2n) is 11.1. The number of urea groups is 1. The Hall–Kier alpha value is -3.84. The number of rotatable bonds is 7. The molecule has 7 nitrogen and oxygen atoms in total. The molecule has 3 amide bonds. The third-order valence-electron chi connectivity index (χ3n) is 6.79. The van der Waals surface area contributed by atoms with Gasteiger partial charge in [-0.15, -0.1) is 0 Å². The molecule has 0 bridgehead atoms. The lowest BCUT2D eigenvalue weighted by molar-refractivity contribution is -0.160. The highest BCUT2D eigenvalue weighted by Gasteiger charge is 2.39. The van der Waals surface area contributed by atoms with Gasteiger partial charge in [-0.3, -0.25) is 9.59 Å². The van der Waals surface area contributed by atoms with Crippen LogP contribution in [0, 0.1) is 0 Å². The third kappa shape index (κ3) is 8.33. The zero-order valence-electron chi connectivity index (χ0n) is 23.1. The van der Waals surface area contributed by atoms with Crippen LogP contribution >= 0.6 is 11.6 Å². The summed E-state index contributed by atoms with van der Waals surface area (Å²) in [6, 6.07) is 25.0. The van der Waals surface area contributed by atoms with Gasteiger partial charge in [0.05, 0.1) is 0 Å². The molecule has 8 heteroatoms. The average Bonchev–Trinajstić information content (AvgIpc) is 3.01. The summed E-state index contributed by atoms with van der Waals surface area (Å²) in [5.74, 6) is -0.829. The molecule has 0 aromatic heterocycles. The summed E-state index contributed by atoms with van der Waals surface area (Å²) >= 11 is 6.07. The average molecular weight is 562 g/mol. The first-order valence-electron chi connectivity index (χ1n) is 13.5. The molecule has 210 valence electrons. The summed E-state index contributed by atoms with van der Waals surface area (Å²) in [5.41, 5.74) is 1.96. The monoisotopic (exact) mass is 561 g/mol. The normalized spacial score (nSPS) is 19.4. The zero-order valence-corrected chi connectivity index (χ0v) is 23.9. The van der Waals surface area contributed by atoms with Gasteiger partial charge in [0.25, 0.3) is 0 Å². The molecule has 2 N–H and O–H groups in total. The summed E-state index contributed by atoms with van der Waals surface area (Å²) in [6.07, 6.45) is 1.59. The molecular weight excluding hydrogens is 526 g/mol. The predicted molar refractivity (Wildman–Crippen MR) is 157 cm³/mol. The van der Waals surface area contributed by atoms with Gasteiger partial charge in [-0.1, -0.05) is 78.3 Å². The molecule has 0 aliphatic carbocycles. The Morgan fingerprint density at radius 3 is 2.27 bits per heavy atom. The van der Waals surface area contributed by atoms with Crippen LogP contribution < -0.4 is 10.6 Å². The summed E-state index contributed by atoms with van der Waals surface area (Å²) < 4.78 is 5.60. The van der Waals surface area contributed by atoms with E-state index in [0.29, 0.717) is 30.0 Å². The number of nitrogens with zero attached hydrogens (tertiary/aromatic N) is 1. The number of esters is 1. The van der Waals surface area contributed by atoms with Crippen molar-refractivity contribution in [2.24, 2.45) is 0 Å². The molecular formula is C32H36ClN3O4. The number of likely N-dealkylation sites (tertiary alicyclic amines) is 1. The van der Waals surface area contributed by atoms with Crippen LogP contribution in [0.4, 0.5) is 10.5 Å². The van der Waals surface area contributed by atoms with Crippen LogP contribution in [0.5, 0.6) is 0 Å². The van der Waals surface area contributed by atoms with Crippen molar-refractivity contribution in [1.29, 1.82) is 0 Å². The van der Waals surface area contributed by atoms with Gasteiger partial charge >= 0.3 is 12.0 Å². The van der Waals surface area contributed by atoms with E-state index in [-0.39, 0.29) is 24.4 Å². The van der Waals surface area contributed by atoms with Crippen molar-refractivity contribution in [3.8, 4) is 0 Å². The molecule has 1 aliphatic heterocycles. The van der Waals surface area contributed by atoms with E-state index in [1.165, 1.54) is 0 Å². The van der Waals surface area contributed by atoms with Crippen molar-refractivity contribution in [2.75, 3.05) is 11.9 Å². The lowest BCUT2D eigenvalue weighted by Gasteiger charge is -2.32. The molecule has 1 aliphatic rings. The molecule has 4 rings (SSSR count). The van der Waals surface area contributed by atoms with Crippen LogP contribution in [-0.2, 0) is 20.7 Å². The van der Waals surface area contributed by atoms with Crippen LogP contribution in [0.1, 0.15) is 50.7 Å². The maximum Gasteiger partial charge on any atom is 0.326 e. The van der Waals surface area contributed by atoms with Gasteiger partial charge in [0.2, 0.25) is 5.91 Å². The molecule has 0 spiro atoms. The Morgan fingerprint density at radius 1 is 0.950 bits per heavy atom. The van der Waals surface area contributed by atoms with Gasteiger partial charge in [-0.05, 0) is 75.3 Å². The minimum Gasteiger partial charge on any atom is -0.459 e. The van der Waals surface area contributed by atoms with Gasteiger partial charge in [-0.25, -0.2) is 4.79 Å². The van der Waals surface area contributed by atoms with E-state index in [9.17, 15) is 14.4 Å². The minimum absolute atomic E-state index is 0.0287. The number of anilines is 1. The van der Waals surface area contributed by atoms with E-state index in [1.54, 1.807) is 49.9 Å². The summed E-state index contributed by atoms with van der Waals surface area (Å²) in [7, 11) is 0. The molecule has 3 aromatic rings. The zero-order chi connectivity index (χ0) is 28.7. The SMILES string of the molecule is CC(C)(C)OC(=O)CN1C(=O)C(NC(=O)Nc2cccc(Cl)c2)CC(c2ccccc2)CC1Cc1ccccc1. The highest BCUT2D eigenvalue weighted by molar-refractivity contribution is 6.30. The number of carbonyl (C=O) groups is 3. The predicted octanol–water partition coefficient (Wildman–Crippen LogP) is 6.19. The van der Waals surface area contributed by atoms with Gasteiger partial charge in [0, 0.05) is 16.8 Å². The largest absolute Gasteiger partial charge is 0.459 e. The Balaban J connectivity index is 1.65. The van der Waals surface area contributed by atoms with Gasteiger partial charge < -0.3 is 20.3 Å². The number of nitrogens with one attached hydrogen (secondary N) is 2. The van der Waals surface area contributed by atoms with E-state index in [1.807, 2.05) is 60.7 Å². The van der Waals surface area contributed by atoms with Gasteiger partial charge in [0.15, 0.2) is 0 Å². The van der Waals surface area contributed by atoms with Crippen LogP contribution in [0.3, 0.4) is 0 Å².